The van der Waals surface area contributed by atoms with Gasteiger partial charge in [-0.05, 0) is 49.2 Å². The molecular formula is C24H30FN3O4. The Kier molecular flexibility index (Phi) is 8.30. The summed E-state index contributed by atoms with van der Waals surface area (Å²) in [5.74, 6) is 0.420. The fraction of sp³-hybridized carbons (Fsp3) is 0.417. The number of nitrogens with zero attached hydrogens (tertiary/aromatic N) is 1. The van der Waals surface area contributed by atoms with Gasteiger partial charge < -0.3 is 25.0 Å². The SMILES string of the molecule is CCC(CC)NC(=O)C1CN(CC(=O)NCCOc2ccc(F)cc2)c2ccccc2O1. The third-order valence-electron chi connectivity index (χ3n) is 5.33. The molecule has 0 bridgehead atoms. The van der Waals surface area contributed by atoms with Crippen LogP contribution in [0.4, 0.5) is 10.1 Å². The van der Waals surface area contributed by atoms with E-state index in [2.05, 4.69) is 10.6 Å². The van der Waals surface area contributed by atoms with Crippen molar-refractivity contribution in [3.05, 3.63) is 54.3 Å². The third-order valence-corrected chi connectivity index (χ3v) is 5.33. The molecule has 7 nitrogen and oxygen atoms in total. The largest absolute Gasteiger partial charge is 0.492 e. The van der Waals surface area contributed by atoms with Gasteiger partial charge in [-0.3, -0.25) is 9.59 Å². The number of amides is 2. The first-order valence-corrected chi connectivity index (χ1v) is 11.0. The molecule has 1 atom stereocenters. The van der Waals surface area contributed by atoms with E-state index < -0.39 is 6.10 Å². The smallest absolute Gasteiger partial charge is 0.263 e. The minimum atomic E-state index is -0.694. The highest BCUT2D eigenvalue weighted by Crippen LogP contribution is 2.32. The summed E-state index contributed by atoms with van der Waals surface area (Å²) in [5.41, 5.74) is 0.775. The van der Waals surface area contributed by atoms with E-state index in [9.17, 15) is 14.0 Å². The number of rotatable bonds is 10. The van der Waals surface area contributed by atoms with Crippen LogP contribution in [0.5, 0.6) is 11.5 Å². The van der Waals surface area contributed by atoms with Crippen LogP contribution in [0, 0.1) is 5.82 Å². The van der Waals surface area contributed by atoms with Gasteiger partial charge in [0.05, 0.1) is 25.3 Å². The van der Waals surface area contributed by atoms with Crippen LogP contribution in [0.2, 0.25) is 0 Å². The Morgan fingerprint density at radius 2 is 1.88 bits per heavy atom. The molecule has 3 rings (SSSR count). The van der Waals surface area contributed by atoms with E-state index in [-0.39, 0.29) is 43.4 Å². The average molecular weight is 444 g/mol. The van der Waals surface area contributed by atoms with Gasteiger partial charge in [0.15, 0.2) is 6.10 Å². The van der Waals surface area contributed by atoms with Crippen LogP contribution >= 0.6 is 0 Å². The molecule has 1 unspecified atom stereocenters. The Morgan fingerprint density at radius 1 is 1.16 bits per heavy atom. The topological polar surface area (TPSA) is 79.9 Å². The lowest BCUT2D eigenvalue weighted by Gasteiger charge is -2.35. The van der Waals surface area contributed by atoms with Crippen molar-refractivity contribution in [2.45, 2.75) is 38.8 Å². The number of nitrogens with one attached hydrogen (secondary N) is 2. The van der Waals surface area contributed by atoms with Gasteiger partial charge in [-0.15, -0.1) is 0 Å². The van der Waals surface area contributed by atoms with Gasteiger partial charge in [0.1, 0.15) is 23.9 Å². The van der Waals surface area contributed by atoms with Crippen molar-refractivity contribution in [1.82, 2.24) is 10.6 Å². The number of fused-ring (bicyclic) bond motifs is 1. The van der Waals surface area contributed by atoms with Crippen LogP contribution in [0.3, 0.4) is 0 Å². The van der Waals surface area contributed by atoms with E-state index in [0.29, 0.717) is 18.0 Å². The molecule has 172 valence electrons. The zero-order valence-corrected chi connectivity index (χ0v) is 18.5. The molecule has 2 amide bonds. The average Bonchev–Trinajstić information content (AvgIpc) is 2.81. The van der Waals surface area contributed by atoms with E-state index in [1.54, 1.807) is 6.07 Å². The molecule has 0 saturated heterocycles. The molecule has 0 aliphatic carbocycles. The predicted octanol–water partition coefficient (Wildman–Crippen LogP) is 2.89. The first kappa shape index (κ1) is 23.4. The van der Waals surface area contributed by atoms with E-state index >= 15 is 0 Å². The standard InChI is InChI=1S/C24H30FN3O4/c1-3-18(4-2)27-24(30)22-15-28(20-7-5-6-8-21(20)32-22)16-23(29)26-13-14-31-19-11-9-17(25)10-12-19/h5-12,18,22H,3-4,13-16H2,1-2H3,(H,26,29)(H,27,30). The zero-order valence-electron chi connectivity index (χ0n) is 18.5. The number of ether oxygens (including phenoxy) is 2. The predicted molar refractivity (Wildman–Crippen MR) is 120 cm³/mol. The van der Waals surface area contributed by atoms with E-state index in [1.807, 2.05) is 36.9 Å². The number of benzene rings is 2. The number of hydrogen-bond donors (Lipinski definition) is 2. The molecule has 1 heterocycles. The second kappa shape index (κ2) is 11.4. The fourth-order valence-electron chi connectivity index (χ4n) is 3.50. The maximum Gasteiger partial charge on any atom is 0.263 e. The van der Waals surface area contributed by atoms with E-state index in [4.69, 9.17) is 9.47 Å². The number of anilines is 1. The Hall–Kier alpha value is -3.29. The summed E-state index contributed by atoms with van der Waals surface area (Å²) in [4.78, 5) is 27.1. The summed E-state index contributed by atoms with van der Waals surface area (Å²) in [6.07, 6.45) is 0.995. The van der Waals surface area contributed by atoms with Crippen molar-refractivity contribution >= 4 is 17.5 Å². The highest BCUT2D eigenvalue weighted by Gasteiger charge is 2.32. The van der Waals surface area contributed by atoms with Crippen molar-refractivity contribution in [3.8, 4) is 11.5 Å². The van der Waals surface area contributed by atoms with E-state index in [1.165, 1.54) is 24.3 Å². The molecule has 2 aromatic carbocycles. The van der Waals surface area contributed by atoms with Crippen LogP contribution in [-0.2, 0) is 9.59 Å². The van der Waals surface area contributed by atoms with Gasteiger partial charge in [0, 0.05) is 6.04 Å². The normalized spacial score (nSPS) is 15.0. The molecule has 0 fully saturated rings. The zero-order chi connectivity index (χ0) is 22.9. The molecule has 0 radical (unpaired) electrons. The summed E-state index contributed by atoms with van der Waals surface area (Å²) < 4.78 is 24.3. The van der Waals surface area contributed by atoms with E-state index in [0.717, 1.165) is 18.5 Å². The number of carbonyl (C=O) groups excluding carboxylic acids is 2. The van der Waals surface area contributed by atoms with Crippen LogP contribution in [-0.4, -0.2) is 50.2 Å². The molecule has 32 heavy (non-hydrogen) atoms. The molecule has 1 aliphatic rings. The summed E-state index contributed by atoms with van der Waals surface area (Å²) >= 11 is 0. The molecule has 0 saturated carbocycles. The molecule has 2 aromatic rings. The number of carbonyl (C=O) groups is 2. The molecule has 0 spiro atoms. The molecule has 0 aromatic heterocycles. The molecule has 2 N–H and O–H groups in total. The summed E-state index contributed by atoms with van der Waals surface area (Å²) in [6.45, 7) is 5.00. The van der Waals surface area contributed by atoms with Crippen LogP contribution < -0.4 is 25.0 Å². The first-order chi connectivity index (χ1) is 15.5. The van der Waals surface area contributed by atoms with Gasteiger partial charge in [-0.25, -0.2) is 4.39 Å². The summed E-state index contributed by atoms with van der Waals surface area (Å²) in [6, 6.07) is 13.2. The Labute approximate surface area is 187 Å². The molecule has 1 aliphatic heterocycles. The van der Waals surface area contributed by atoms with Gasteiger partial charge in [0.25, 0.3) is 5.91 Å². The highest BCUT2D eigenvalue weighted by atomic mass is 19.1. The summed E-state index contributed by atoms with van der Waals surface area (Å²) in [7, 11) is 0. The number of hydrogen-bond acceptors (Lipinski definition) is 5. The lowest BCUT2D eigenvalue weighted by molar-refractivity contribution is -0.129. The van der Waals surface area contributed by atoms with Gasteiger partial charge in [-0.1, -0.05) is 26.0 Å². The van der Waals surface area contributed by atoms with Crippen LogP contribution in [0.1, 0.15) is 26.7 Å². The first-order valence-electron chi connectivity index (χ1n) is 11.0. The molecule has 8 heteroatoms. The minimum absolute atomic E-state index is 0.0890. The van der Waals surface area contributed by atoms with Gasteiger partial charge >= 0.3 is 0 Å². The van der Waals surface area contributed by atoms with Crippen molar-refractivity contribution in [1.29, 1.82) is 0 Å². The second-order valence-electron chi connectivity index (χ2n) is 7.63. The summed E-state index contributed by atoms with van der Waals surface area (Å²) in [5, 5.41) is 5.84. The van der Waals surface area contributed by atoms with Crippen LogP contribution in [0.25, 0.3) is 0 Å². The van der Waals surface area contributed by atoms with Crippen molar-refractivity contribution < 1.29 is 23.5 Å². The maximum absolute atomic E-state index is 12.9. The van der Waals surface area contributed by atoms with Crippen molar-refractivity contribution in [3.63, 3.8) is 0 Å². The Morgan fingerprint density at radius 3 is 2.59 bits per heavy atom. The monoisotopic (exact) mass is 443 g/mol. The highest BCUT2D eigenvalue weighted by molar-refractivity contribution is 5.86. The van der Waals surface area contributed by atoms with Crippen LogP contribution in [0.15, 0.2) is 48.5 Å². The lowest BCUT2D eigenvalue weighted by atomic mass is 10.1. The maximum atomic E-state index is 12.9. The fourth-order valence-corrected chi connectivity index (χ4v) is 3.50. The Bertz CT molecular complexity index is 902. The Balaban J connectivity index is 1.54. The minimum Gasteiger partial charge on any atom is -0.492 e. The lowest BCUT2D eigenvalue weighted by Crippen LogP contribution is -2.52. The second-order valence-corrected chi connectivity index (χ2v) is 7.63. The number of para-hydroxylation sites is 2. The van der Waals surface area contributed by atoms with Crippen molar-refractivity contribution in [2.24, 2.45) is 0 Å². The third kappa shape index (κ3) is 6.35. The van der Waals surface area contributed by atoms with Gasteiger partial charge in [0.2, 0.25) is 5.91 Å². The number of halogens is 1. The van der Waals surface area contributed by atoms with Crippen molar-refractivity contribution in [2.75, 3.05) is 31.1 Å². The quantitative estimate of drug-likeness (QED) is 0.552. The molecular weight excluding hydrogens is 413 g/mol. The van der Waals surface area contributed by atoms with Gasteiger partial charge in [-0.2, -0.15) is 0 Å².